The average Bonchev–Trinajstić information content (AvgIpc) is 2.73. The van der Waals surface area contributed by atoms with Gasteiger partial charge in [0.25, 0.3) is 5.56 Å². The Kier molecular flexibility index (Phi) is 5.72. The number of aromatic amines is 1. The van der Waals surface area contributed by atoms with Crippen molar-refractivity contribution in [3.05, 3.63) is 26.6 Å². The highest BCUT2D eigenvalue weighted by Gasteiger charge is 2.19. The van der Waals surface area contributed by atoms with Crippen LogP contribution in [0, 0.1) is 12.8 Å². The van der Waals surface area contributed by atoms with Crippen LogP contribution in [0.15, 0.2) is 4.79 Å². The zero-order valence-electron chi connectivity index (χ0n) is 15.2. The average molecular weight is 349 g/mol. The van der Waals surface area contributed by atoms with Gasteiger partial charge in [0.2, 0.25) is 0 Å². The molecule has 24 heavy (non-hydrogen) atoms. The number of hydrogen-bond acceptors (Lipinski definition) is 3. The van der Waals surface area contributed by atoms with Gasteiger partial charge in [-0.05, 0) is 50.5 Å². The number of likely N-dealkylation sites (tertiary alicyclic amines) is 1. The van der Waals surface area contributed by atoms with Crippen molar-refractivity contribution in [3.63, 3.8) is 0 Å². The first-order valence-corrected chi connectivity index (χ1v) is 10.2. The lowest BCUT2D eigenvalue weighted by Crippen LogP contribution is -3.10. The van der Waals surface area contributed by atoms with Crippen LogP contribution < -0.4 is 10.5 Å². The first-order chi connectivity index (χ1) is 11.6. The van der Waals surface area contributed by atoms with Crippen molar-refractivity contribution in [2.24, 2.45) is 5.92 Å². The van der Waals surface area contributed by atoms with Gasteiger partial charge in [-0.2, -0.15) is 0 Å². The van der Waals surface area contributed by atoms with E-state index in [2.05, 4.69) is 25.8 Å². The van der Waals surface area contributed by atoms with Crippen LogP contribution in [0.5, 0.6) is 0 Å². The molecule has 0 aliphatic carbocycles. The molecule has 1 saturated heterocycles. The van der Waals surface area contributed by atoms with Gasteiger partial charge in [-0.25, -0.2) is 4.98 Å². The SMILES string of the molecule is CC[C@H](C)Cc1c(C)sc2nc(C[NH+]3CCCCCC3)[nH]c(=O)c12. The summed E-state index contributed by atoms with van der Waals surface area (Å²) in [6.07, 6.45) is 7.38. The summed E-state index contributed by atoms with van der Waals surface area (Å²) in [5.74, 6) is 1.46. The minimum atomic E-state index is 0.0619. The summed E-state index contributed by atoms with van der Waals surface area (Å²) in [4.78, 5) is 24.4. The zero-order valence-corrected chi connectivity index (χ0v) is 16.0. The van der Waals surface area contributed by atoms with E-state index in [-0.39, 0.29) is 5.56 Å². The number of thiophene rings is 1. The van der Waals surface area contributed by atoms with E-state index in [9.17, 15) is 4.79 Å². The van der Waals surface area contributed by atoms with Gasteiger partial charge >= 0.3 is 0 Å². The molecule has 1 atom stereocenters. The summed E-state index contributed by atoms with van der Waals surface area (Å²) < 4.78 is 0. The smallest absolute Gasteiger partial charge is 0.260 e. The molecule has 0 aromatic carbocycles. The Morgan fingerprint density at radius 2 is 1.96 bits per heavy atom. The molecule has 0 spiro atoms. The fourth-order valence-electron chi connectivity index (χ4n) is 3.68. The van der Waals surface area contributed by atoms with Crippen molar-refractivity contribution >= 4 is 21.6 Å². The quantitative estimate of drug-likeness (QED) is 0.873. The van der Waals surface area contributed by atoms with Crippen LogP contribution in [0.3, 0.4) is 0 Å². The highest BCUT2D eigenvalue weighted by molar-refractivity contribution is 7.18. The number of nitrogens with zero attached hydrogens (tertiary/aromatic N) is 1. The van der Waals surface area contributed by atoms with E-state index in [0.29, 0.717) is 5.92 Å². The van der Waals surface area contributed by atoms with Gasteiger partial charge in [0.1, 0.15) is 11.4 Å². The van der Waals surface area contributed by atoms with Crippen molar-refractivity contribution in [1.82, 2.24) is 9.97 Å². The zero-order chi connectivity index (χ0) is 17.1. The van der Waals surface area contributed by atoms with Crippen LogP contribution in [0.25, 0.3) is 10.2 Å². The summed E-state index contributed by atoms with van der Waals surface area (Å²) in [6, 6.07) is 0. The largest absolute Gasteiger partial charge is 0.329 e. The summed E-state index contributed by atoms with van der Waals surface area (Å²) in [5, 5.41) is 0.840. The maximum Gasteiger partial charge on any atom is 0.260 e. The molecule has 5 heteroatoms. The van der Waals surface area contributed by atoms with Crippen molar-refractivity contribution in [1.29, 1.82) is 0 Å². The molecule has 0 bridgehead atoms. The lowest BCUT2D eigenvalue weighted by atomic mass is 9.98. The molecule has 3 rings (SSSR count). The summed E-state index contributed by atoms with van der Waals surface area (Å²) >= 11 is 1.69. The Balaban J connectivity index is 1.89. The van der Waals surface area contributed by atoms with E-state index >= 15 is 0 Å². The molecule has 132 valence electrons. The Morgan fingerprint density at radius 1 is 1.25 bits per heavy atom. The Morgan fingerprint density at radius 3 is 2.62 bits per heavy atom. The normalized spacial score (nSPS) is 18.0. The van der Waals surface area contributed by atoms with Gasteiger partial charge < -0.3 is 9.88 Å². The van der Waals surface area contributed by atoms with Gasteiger partial charge in [-0.1, -0.05) is 20.3 Å². The molecule has 3 heterocycles. The molecule has 0 unspecified atom stereocenters. The van der Waals surface area contributed by atoms with Crippen molar-refractivity contribution < 1.29 is 4.90 Å². The Bertz CT molecular complexity index is 741. The van der Waals surface area contributed by atoms with Crippen LogP contribution in [0.2, 0.25) is 0 Å². The molecule has 2 aromatic heterocycles. The molecule has 2 aromatic rings. The number of quaternary nitrogens is 1. The topological polar surface area (TPSA) is 50.2 Å². The number of rotatable bonds is 5. The summed E-state index contributed by atoms with van der Waals surface area (Å²) in [6.45, 7) is 9.84. The predicted molar refractivity (Wildman–Crippen MR) is 101 cm³/mol. The van der Waals surface area contributed by atoms with Crippen molar-refractivity contribution in [3.8, 4) is 0 Å². The fraction of sp³-hybridized carbons (Fsp3) is 0.684. The van der Waals surface area contributed by atoms with Gasteiger partial charge in [-0.3, -0.25) is 4.79 Å². The van der Waals surface area contributed by atoms with Gasteiger partial charge in [0, 0.05) is 4.88 Å². The van der Waals surface area contributed by atoms with Gasteiger partial charge in [0.05, 0.1) is 18.5 Å². The molecule has 1 fully saturated rings. The minimum absolute atomic E-state index is 0.0619. The van der Waals surface area contributed by atoms with Crippen molar-refractivity contribution in [2.75, 3.05) is 13.1 Å². The third kappa shape index (κ3) is 3.89. The molecule has 1 aliphatic rings. The van der Waals surface area contributed by atoms with E-state index in [0.717, 1.165) is 35.4 Å². The lowest BCUT2D eigenvalue weighted by Gasteiger charge is -2.16. The number of hydrogen-bond donors (Lipinski definition) is 2. The second-order valence-corrected chi connectivity index (χ2v) is 8.59. The molecule has 0 saturated carbocycles. The van der Waals surface area contributed by atoms with Crippen LogP contribution >= 0.6 is 11.3 Å². The first-order valence-electron chi connectivity index (χ1n) is 9.43. The van der Waals surface area contributed by atoms with E-state index in [1.165, 1.54) is 49.2 Å². The van der Waals surface area contributed by atoms with E-state index in [1.54, 1.807) is 16.2 Å². The van der Waals surface area contributed by atoms with E-state index in [4.69, 9.17) is 4.98 Å². The Labute approximate surface area is 148 Å². The molecule has 2 N–H and O–H groups in total. The third-order valence-electron chi connectivity index (χ3n) is 5.39. The second kappa shape index (κ2) is 7.79. The van der Waals surface area contributed by atoms with Crippen LogP contribution in [-0.4, -0.2) is 23.1 Å². The molecule has 1 aliphatic heterocycles. The third-order valence-corrected chi connectivity index (χ3v) is 6.43. The number of fused-ring (bicyclic) bond motifs is 1. The molecule has 0 radical (unpaired) electrons. The fourth-order valence-corrected chi connectivity index (χ4v) is 4.76. The summed E-state index contributed by atoms with van der Waals surface area (Å²) in [7, 11) is 0. The highest BCUT2D eigenvalue weighted by Crippen LogP contribution is 2.29. The number of H-pyrrole nitrogens is 1. The van der Waals surface area contributed by atoms with Crippen LogP contribution in [-0.2, 0) is 13.0 Å². The maximum atomic E-state index is 12.7. The Hall–Kier alpha value is -1.20. The predicted octanol–water partition coefficient (Wildman–Crippen LogP) is 2.84. The lowest BCUT2D eigenvalue weighted by molar-refractivity contribution is -0.913. The molecule has 4 nitrogen and oxygen atoms in total. The first kappa shape index (κ1) is 17.6. The maximum absolute atomic E-state index is 12.7. The number of aromatic nitrogens is 2. The highest BCUT2D eigenvalue weighted by atomic mass is 32.1. The van der Waals surface area contributed by atoms with Crippen LogP contribution in [0.4, 0.5) is 0 Å². The van der Waals surface area contributed by atoms with Gasteiger partial charge in [-0.15, -0.1) is 11.3 Å². The summed E-state index contributed by atoms with van der Waals surface area (Å²) in [5.41, 5.74) is 1.28. The molecular weight excluding hydrogens is 318 g/mol. The van der Waals surface area contributed by atoms with E-state index in [1.807, 2.05) is 0 Å². The van der Waals surface area contributed by atoms with Crippen molar-refractivity contribution in [2.45, 2.75) is 65.8 Å². The minimum Gasteiger partial charge on any atom is -0.329 e. The number of aryl methyl sites for hydroxylation is 1. The van der Waals surface area contributed by atoms with Gasteiger partial charge in [0.15, 0.2) is 5.82 Å². The molecular formula is C19H30N3OS+. The monoisotopic (exact) mass is 348 g/mol. The number of nitrogens with one attached hydrogen (secondary N) is 2. The van der Waals surface area contributed by atoms with E-state index < -0.39 is 0 Å². The van der Waals surface area contributed by atoms with Crippen LogP contribution in [0.1, 0.15) is 62.2 Å². The second-order valence-electron chi connectivity index (χ2n) is 7.39. The standard InChI is InChI=1S/C19H29N3OS/c1-4-13(2)11-15-14(3)24-19-17(15)18(23)20-16(21-19)12-22-9-7-5-6-8-10-22/h13H,4-12H2,1-3H3,(H,20,21,23)/p+1/t13-/m0/s1. The molecule has 0 amide bonds.